The summed E-state index contributed by atoms with van der Waals surface area (Å²) in [5.41, 5.74) is 2.60. The van der Waals surface area contributed by atoms with Crippen LogP contribution in [0.25, 0.3) is 10.9 Å². The van der Waals surface area contributed by atoms with Crippen LogP contribution in [0.4, 0.5) is 0 Å². The van der Waals surface area contributed by atoms with Crippen LogP contribution in [0.1, 0.15) is 16.7 Å². The molecular weight excluding hydrogens is 364 g/mol. The van der Waals surface area contributed by atoms with E-state index in [-0.39, 0.29) is 23.4 Å². The number of sulfonamides is 1. The maximum atomic E-state index is 12.5. The predicted octanol–water partition coefficient (Wildman–Crippen LogP) is 2.67. The maximum Gasteiger partial charge on any atom is 0.251 e. The van der Waals surface area contributed by atoms with Crippen molar-refractivity contribution in [3.63, 3.8) is 0 Å². The van der Waals surface area contributed by atoms with Crippen molar-refractivity contribution in [2.24, 2.45) is 0 Å². The van der Waals surface area contributed by atoms with E-state index in [2.05, 4.69) is 9.71 Å². The number of benzene rings is 2. The lowest BCUT2D eigenvalue weighted by atomic mass is 10.1. The van der Waals surface area contributed by atoms with Crippen molar-refractivity contribution in [3.05, 3.63) is 69.5 Å². The summed E-state index contributed by atoms with van der Waals surface area (Å²) < 4.78 is 32.8. The van der Waals surface area contributed by atoms with Gasteiger partial charge in [-0.3, -0.25) is 4.79 Å². The highest BCUT2D eigenvalue weighted by Gasteiger charge is 2.16. The molecule has 0 saturated carbocycles. The van der Waals surface area contributed by atoms with Gasteiger partial charge < -0.3 is 9.72 Å². The highest BCUT2D eigenvalue weighted by atomic mass is 32.2. The zero-order chi connectivity index (χ0) is 19.6. The van der Waals surface area contributed by atoms with Crippen molar-refractivity contribution in [2.75, 3.05) is 13.7 Å². The molecule has 0 fully saturated rings. The highest BCUT2D eigenvalue weighted by molar-refractivity contribution is 7.89. The summed E-state index contributed by atoms with van der Waals surface area (Å²) in [7, 11) is -2.07. The second-order valence-corrected chi connectivity index (χ2v) is 8.15. The molecule has 3 aromatic rings. The first-order chi connectivity index (χ1) is 12.8. The molecule has 27 heavy (non-hydrogen) atoms. The van der Waals surface area contributed by atoms with Gasteiger partial charge in [0.1, 0.15) is 5.75 Å². The number of H-pyrrole nitrogens is 1. The Morgan fingerprint density at radius 2 is 1.81 bits per heavy atom. The molecule has 0 amide bonds. The van der Waals surface area contributed by atoms with Crippen LogP contribution in [0.2, 0.25) is 0 Å². The average molecular weight is 386 g/mol. The highest BCUT2D eigenvalue weighted by Crippen LogP contribution is 2.25. The van der Waals surface area contributed by atoms with Crippen LogP contribution in [0.5, 0.6) is 5.75 Å². The Morgan fingerprint density at radius 3 is 2.52 bits per heavy atom. The summed E-state index contributed by atoms with van der Waals surface area (Å²) in [6, 6.07) is 12.3. The van der Waals surface area contributed by atoms with Crippen LogP contribution >= 0.6 is 0 Å². The Kier molecular flexibility index (Phi) is 5.34. The molecule has 3 rings (SSSR count). The zero-order valence-corrected chi connectivity index (χ0v) is 16.3. The van der Waals surface area contributed by atoms with Crippen LogP contribution in [0, 0.1) is 13.8 Å². The number of rotatable bonds is 6. The van der Waals surface area contributed by atoms with Crippen LogP contribution in [-0.2, 0) is 16.4 Å². The van der Waals surface area contributed by atoms with Gasteiger partial charge in [-0.1, -0.05) is 24.3 Å². The van der Waals surface area contributed by atoms with Crippen LogP contribution in [0.15, 0.2) is 52.2 Å². The standard InChI is InChI=1S/C20H22N2O4S/c1-13-8-9-17(26-3)19-16(13)12-15(20(23)22-19)10-11-21-27(24,25)18-7-5-4-6-14(18)2/h4-9,12,21H,10-11H2,1-3H3,(H,22,23). The summed E-state index contributed by atoms with van der Waals surface area (Å²) in [4.78, 5) is 15.5. The van der Waals surface area contributed by atoms with Gasteiger partial charge in [0.2, 0.25) is 10.0 Å². The van der Waals surface area contributed by atoms with E-state index in [1.165, 1.54) is 0 Å². The topological polar surface area (TPSA) is 88.3 Å². The SMILES string of the molecule is COc1ccc(C)c2cc(CCNS(=O)(=O)c3ccccc3C)c(=O)[nH]c12. The maximum absolute atomic E-state index is 12.5. The summed E-state index contributed by atoms with van der Waals surface area (Å²) in [5.74, 6) is 0.597. The quantitative estimate of drug-likeness (QED) is 0.682. The third-order valence-electron chi connectivity index (χ3n) is 4.56. The molecule has 2 aromatic carbocycles. The molecule has 0 unspecified atom stereocenters. The van der Waals surface area contributed by atoms with E-state index in [0.717, 1.165) is 10.9 Å². The van der Waals surface area contributed by atoms with Crippen molar-refractivity contribution in [3.8, 4) is 5.75 Å². The lowest BCUT2D eigenvalue weighted by Crippen LogP contribution is -2.28. The fourth-order valence-electron chi connectivity index (χ4n) is 3.06. The van der Waals surface area contributed by atoms with Crippen molar-refractivity contribution in [1.29, 1.82) is 0 Å². The molecule has 0 aliphatic heterocycles. The van der Waals surface area contributed by atoms with E-state index in [0.29, 0.717) is 22.4 Å². The lowest BCUT2D eigenvalue weighted by Gasteiger charge is -2.11. The number of hydrogen-bond acceptors (Lipinski definition) is 4. The minimum absolute atomic E-state index is 0.133. The summed E-state index contributed by atoms with van der Waals surface area (Å²) >= 11 is 0. The van der Waals surface area contributed by atoms with Gasteiger partial charge in [0, 0.05) is 17.5 Å². The molecule has 0 aliphatic rings. The molecule has 0 saturated heterocycles. The fourth-order valence-corrected chi connectivity index (χ4v) is 4.34. The van der Waals surface area contributed by atoms with E-state index in [1.54, 1.807) is 44.4 Å². The molecule has 0 bridgehead atoms. The number of hydrogen-bond donors (Lipinski definition) is 2. The Bertz CT molecular complexity index is 1150. The lowest BCUT2D eigenvalue weighted by molar-refractivity contribution is 0.418. The molecule has 1 aromatic heterocycles. The van der Waals surface area contributed by atoms with Crippen LogP contribution in [0.3, 0.4) is 0 Å². The van der Waals surface area contributed by atoms with E-state index in [4.69, 9.17) is 4.74 Å². The molecule has 7 heteroatoms. The Labute approximate surface area is 158 Å². The fraction of sp³-hybridized carbons (Fsp3) is 0.250. The normalized spacial score (nSPS) is 11.7. The van der Waals surface area contributed by atoms with Crippen molar-refractivity contribution >= 4 is 20.9 Å². The number of aromatic nitrogens is 1. The van der Waals surface area contributed by atoms with Crippen molar-refractivity contribution in [1.82, 2.24) is 9.71 Å². The molecule has 1 heterocycles. The average Bonchev–Trinajstić information content (AvgIpc) is 2.63. The van der Waals surface area contributed by atoms with Gasteiger partial charge in [0.05, 0.1) is 17.5 Å². The first-order valence-corrected chi connectivity index (χ1v) is 10.1. The third kappa shape index (κ3) is 3.89. The second kappa shape index (κ2) is 7.54. The van der Waals surface area contributed by atoms with Gasteiger partial charge in [-0.25, -0.2) is 13.1 Å². The van der Waals surface area contributed by atoms with E-state index in [9.17, 15) is 13.2 Å². The van der Waals surface area contributed by atoms with Crippen LogP contribution in [-0.4, -0.2) is 27.1 Å². The van der Waals surface area contributed by atoms with Crippen molar-refractivity contribution < 1.29 is 13.2 Å². The summed E-state index contributed by atoms with van der Waals surface area (Å²) in [6.07, 6.45) is 0.285. The first-order valence-electron chi connectivity index (χ1n) is 8.58. The molecule has 0 spiro atoms. The minimum atomic E-state index is -3.62. The van der Waals surface area contributed by atoms with Crippen molar-refractivity contribution in [2.45, 2.75) is 25.2 Å². The van der Waals surface area contributed by atoms with Crippen LogP contribution < -0.4 is 15.0 Å². The van der Waals surface area contributed by atoms with Gasteiger partial charge in [0.25, 0.3) is 5.56 Å². The van der Waals surface area contributed by atoms with E-state index >= 15 is 0 Å². The number of fused-ring (bicyclic) bond motifs is 1. The largest absolute Gasteiger partial charge is 0.495 e. The molecular formula is C20H22N2O4S. The summed E-state index contributed by atoms with van der Waals surface area (Å²) in [6.45, 7) is 3.83. The molecule has 0 aliphatic carbocycles. The number of ether oxygens (including phenoxy) is 1. The molecule has 6 nitrogen and oxygen atoms in total. The number of pyridine rings is 1. The zero-order valence-electron chi connectivity index (χ0n) is 15.5. The predicted molar refractivity (Wildman–Crippen MR) is 106 cm³/mol. The summed E-state index contributed by atoms with van der Waals surface area (Å²) in [5, 5.41) is 0.880. The van der Waals surface area contributed by atoms with Gasteiger partial charge in [0.15, 0.2) is 0 Å². The Morgan fingerprint density at radius 1 is 1.07 bits per heavy atom. The number of methoxy groups -OCH3 is 1. The van der Waals surface area contributed by atoms with E-state index < -0.39 is 10.0 Å². The smallest absolute Gasteiger partial charge is 0.251 e. The molecule has 0 atom stereocenters. The monoisotopic (exact) mass is 386 g/mol. The second-order valence-electron chi connectivity index (χ2n) is 6.41. The molecule has 142 valence electrons. The molecule has 0 radical (unpaired) electrons. The Hall–Kier alpha value is -2.64. The number of aromatic amines is 1. The number of aryl methyl sites for hydroxylation is 2. The number of nitrogens with one attached hydrogen (secondary N) is 2. The minimum Gasteiger partial charge on any atom is -0.495 e. The van der Waals surface area contributed by atoms with Gasteiger partial charge >= 0.3 is 0 Å². The van der Waals surface area contributed by atoms with Gasteiger partial charge in [-0.05, 0) is 49.6 Å². The first kappa shape index (κ1) is 19.1. The van der Waals surface area contributed by atoms with Gasteiger partial charge in [-0.2, -0.15) is 0 Å². The molecule has 2 N–H and O–H groups in total. The van der Waals surface area contributed by atoms with E-state index in [1.807, 2.05) is 19.1 Å². The van der Waals surface area contributed by atoms with Gasteiger partial charge in [-0.15, -0.1) is 0 Å². The third-order valence-corrected chi connectivity index (χ3v) is 6.18. The Balaban J connectivity index is 1.84.